The maximum absolute atomic E-state index is 12.1. The number of nitrogens with one attached hydrogen (secondary N) is 1. The highest BCUT2D eigenvalue weighted by Crippen LogP contribution is 2.29. The van der Waals surface area contributed by atoms with Gasteiger partial charge in [-0.25, -0.2) is 9.97 Å². The van der Waals surface area contributed by atoms with Crippen LogP contribution in [0.4, 0.5) is 0 Å². The molecule has 2 aromatic rings. The summed E-state index contributed by atoms with van der Waals surface area (Å²) in [6, 6.07) is 2.21. The Hall–Kier alpha value is -2.48. The molecule has 0 saturated carbocycles. The number of aromatic nitrogens is 4. The number of carbonyl (C=O) groups excluding carboxylic acids is 1. The van der Waals surface area contributed by atoms with Crippen molar-refractivity contribution < 1.29 is 9.53 Å². The summed E-state index contributed by atoms with van der Waals surface area (Å²) in [6.45, 7) is 0.576. The highest BCUT2D eigenvalue weighted by molar-refractivity contribution is 5.77. The zero-order chi connectivity index (χ0) is 17.1. The second-order valence-corrected chi connectivity index (χ2v) is 5.91. The van der Waals surface area contributed by atoms with E-state index in [9.17, 15) is 4.79 Å². The fourth-order valence-corrected chi connectivity index (χ4v) is 3.08. The molecule has 3 heterocycles. The number of methoxy groups -OCH3 is 1. The minimum absolute atomic E-state index is 0.102. The fraction of sp³-hybridized carbons (Fsp3) is 0.500. The SMILES string of the molecule is COc1nccc(CN[C@@H]2CCC(=O)N(C)[C@H]2c2nccn2C)n1. The topological polar surface area (TPSA) is 85.2 Å². The molecule has 0 aliphatic carbocycles. The highest BCUT2D eigenvalue weighted by atomic mass is 16.5. The molecule has 1 fully saturated rings. The zero-order valence-corrected chi connectivity index (χ0v) is 14.1. The summed E-state index contributed by atoms with van der Waals surface area (Å²) in [6.07, 6.45) is 6.63. The standard InChI is InChI=1S/C16H22N6O2/c1-21-9-8-17-15(21)14-12(4-5-13(23)22(14)2)19-10-11-6-7-18-16(20-11)24-3/h6-9,12,14,19H,4-5,10H2,1-3H3/t12-,14-/m1/s1. The molecule has 1 aliphatic heterocycles. The van der Waals surface area contributed by atoms with Crippen LogP contribution < -0.4 is 10.1 Å². The lowest BCUT2D eigenvalue weighted by Crippen LogP contribution is -2.49. The summed E-state index contributed by atoms with van der Waals surface area (Å²) in [5.74, 6) is 1.02. The third kappa shape index (κ3) is 3.23. The van der Waals surface area contributed by atoms with Crippen LogP contribution in [0, 0.1) is 0 Å². The van der Waals surface area contributed by atoms with Crippen LogP contribution in [-0.4, -0.2) is 50.5 Å². The lowest BCUT2D eigenvalue weighted by molar-refractivity contribution is -0.136. The third-order valence-corrected chi connectivity index (χ3v) is 4.40. The molecule has 0 aromatic carbocycles. The number of nitrogens with zero attached hydrogens (tertiary/aromatic N) is 5. The quantitative estimate of drug-likeness (QED) is 0.867. The number of piperidine rings is 1. The number of rotatable bonds is 5. The Morgan fingerprint density at radius 1 is 1.33 bits per heavy atom. The number of hydrogen-bond donors (Lipinski definition) is 1. The number of likely N-dealkylation sites (N-methyl/N-ethyl adjacent to an activating group) is 1. The Bertz CT molecular complexity index is 716. The number of likely N-dealkylation sites (tertiary alicyclic amines) is 1. The first-order valence-corrected chi connectivity index (χ1v) is 7.92. The molecule has 2 atom stereocenters. The van der Waals surface area contributed by atoms with Crippen LogP contribution in [0.15, 0.2) is 24.7 Å². The number of imidazole rings is 1. The summed E-state index contributed by atoms with van der Waals surface area (Å²) in [5.41, 5.74) is 0.847. The van der Waals surface area contributed by atoms with E-state index in [0.717, 1.165) is 17.9 Å². The maximum Gasteiger partial charge on any atom is 0.316 e. The largest absolute Gasteiger partial charge is 0.467 e. The molecule has 0 unspecified atom stereocenters. The van der Waals surface area contributed by atoms with Gasteiger partial charge in [0, 0.05) is 51.7 Å². The van der Waals surface area contributed by atoms with E-state index in [1.54, 1.807) is 24.4 Å². The van der Waals surface area contributed by atoms with Crippen LogP contribution in [0.3, 0.4) is 0 Å². The third-order valence-electron chi connectivity index (χ3n) is 4.40. The Morgan fingerprint density at radius 3 is 2.88 bits per heavy atom. The van der Waals surface area contributed by atoms with Crippen molar-refractivity contribution in [3.05, 3.63) is 36.2 Å². The van der Waals surface area contributed by atoms with Crippen LogP contribution in [0.1, 0.15) is 30.4 Å². The van der Waals surface area contributed by atoms with Gasteiger partial charge < -0.3 is 19.5 Å². The van der Waals surface area contributed by atoms with Gasteiger partial charge in [-0.15, -0.1) is 0 Å². The fourth-order valence-electron chi connectivity index (χ4n) is 3.08. The molecule has 1 aliphatic rings. The summed E-state index contributed by atoms with van der Waals surface area (Å²) in [7, 11) is 5.33. The minimum atomic E-state index is -0.102. The molecule has 2 aromatic heterocycles. The van der Waals surface area contributed by atoms with Crippen molar-refractivity contribution in [3.8, 4) is 6.01 Å². The second kappa shape index (κ2) is 6.96. The van der Waals surface area contributed by atoms with Crippen LogP contribution in [0.25, 0.3) is 0 Å². The van der Waals surface area contributed by atoms with Crippen molar-refractivity contribution in [2.75, 3.05) is 14.2 Å². The summed E-state index contributed by atoms with van der Waals surface area (Å²) in [5, 5.41) is 3.51. The molecule has 24 heavy (non-hydrogen) atoms. The molecule has 1 saturated heterocycles. The van der Waals surface area contributed by atoms with Gasteiger partial charge in [0.15, 0.2) is 0 Å². The van der Waals surface area contributed by atoms with Gasteiger partial charge in [-0.05, 0) is 12.5 Å². The Balaban J connectivity index is 1.77. The molecule has 1 N–H and O–H groups in total. The minimum Gasteiger partial charge on any atom is -0.467 e. The average molecular weight is 330 g/mol. The van der Waals surface area contributed by atoms with E-state index in [0.29, 0.717) is 19.0 Å². The summed E-state index contributed by atoms with van der Waals surface area (Å²) in [4.78, 5) is 26.7. The van der Waals surface area contributed by atoms with Gasteiger partial charge in [0.1, 0.15) is 11.9 Å². The number of aryl methyl sites for hydroxylation is 1. The first-order valence-electron chi connectivity index (χ1n) is 7.92. The van der Waals surface area contributed by atoms with E-state index in [4.69, 9.17) is 4.74 Å². The first-order chi connectivity index (χ1) is 11.6. The van der Waals surface area contributed by atoms with Crippen LogP contribution in [0.2, 0.25) is 0 Å². The molecule has 8 nitrogen and oxygen atoms in total. The van der Waals surface area contributed by atoms with Gasteiger partial charge >= 0.3 is 6.01 Å². The summed E-state index contributed by atoms with van der Waals surface area (Å²) >= 11 is 0. The zero-order valence-electron chi connectivity index (χ0n) is 14.1. The monoisotopic (exact) mass is 330 g/mol. The maximum atomic E-state index is 12.1. The van der Waals surface area contributed by atoms with Crippen LogP contribution >= 0.6 is 0 Å². The molecule has 0 spiro atoms. The summed E-state index contributed by atoms with van der Waals surface area (Å²) < 4.78 is 7.02. The molecular weight excluding hydrogens is 308 g/mol. The normalized spacial score (nSPS) is 21.1. The average Bonchev–Trinajstić information content (AvgIpc) is 3.01. The molecule has 8 heteroatoms. The second-order valence-electron chi connectivity index (χ2n) is 5.91. The van der Waals surface area contributed by atoms with Gasteiger partial charge in [0.2, 0.25) is 5.91 Å². The predicted octanol–water partition coefficient (Wildman–Crippen LogP) is 0.670. The van der Waals surface area contributed by atoms with E-state index in [-0.39, 0.29) is 18.0 Å². The molecule has 0 radical (unpaired) electrons. The van der Waals surface area contributed by atoms with E-state index >= 15 is 0 Å². The van der Waals surface area contributed by atoms with Crippen molar-refractivity contribution in [2.24, 2.45) is 7.05 Å². The van der Waals surface area contributed by atoms with E-state index < -0.39 is 0 Å². The number of carbonyl (C=O) groups is 1. The van der Waals surface area contributed by atoms with Gasteiger partial charge in [-0.3, -0.25) is 4.79 Å². The van der Waals surface area contributed by atoms with Crippen molar-refractivity contribution >= 4 is 5.91 Å². The van der Waals surface area contributed by atoms with E-state index in [1.807, 2.05) is 30.9 Å². The molecular formula is C16H22N6O2. The Labute approximate surface area is 140 Å². The molecule has 1 amide bonds. The van der Waals surface area contributed by atoms with Crippen LogP contribution in [0.5, 0.6) is 6.01 Å². The molecule has 128 valence electrons. The number of ether oxygens (including phenoxy) is 1. The Kier molecular flexibility index (Phi) is 4.75. The lowest BCUT2D eigenvalue weighted by atomic mass is 9.95. The Morgan fingerprint density at radius 2 is 2.17 bits per heavy atom. The van der Waals surface area contributed by atoms with E-state index in [2.05, 4.69) is 20.3 Å². The molecule has 3 rings (SSSR count). The van der Waals surface area contributed by atoms with Crippen molar-refractivity contribution in [3.63, 3.8) is 0 Å². The van der Waals surface area contributed by atoms with E-state index in [1.165, 1.54) is 0 Å². The van der Waals surface area contributed by atoms with Gasteiger partial charge in [-0.2, -0.15) is 4.98 Å². The van der Waals surface area contributed by atoms with Gasteiger partial charge in [0.25, 0.3) is 0 Å². The number of amides is 1. The predicted molar refractivity (Wildman–Crippen MR) is 87.2 cm³/mol. The highest BCUT2D eigenvalue weighted by Gasteiger charge is 2.36. The van der Waals surface area contributed by atoms with Crippen LogP contribution in [-0.2, 0) is 18.4 Å². The van der Waals surface area contributed by atoms with Crippen molar-refractivity contribution in [2.45, 2.75) is 31.5 Å². The lowest BCUT2D eigenvalue weighted by Gasteiger charge is -2.39. The van der Waals surface area contributed by atoms with Crippen molar-refractivity contribution in [1.82, 2.24) is 29.7 Å². The first kappa shape index (κ1) is 16.4. The van der Waals surface area contributed by atoms with Crippen molar-refractivity contribution in [1.29, 1.82) is 0 Å². The van der Waals surface area contributed by atoms with Gasteiger partial charge in [-0.1, -0.05) is 0 Å². The molecule has 0 bridgehead atoms. The van der Waals surface area contributed by atoms with Gasteiger partial charge in [0.05, 0.1) is 12.8 Å². The smallest absolute Gasteiger partial charge is 0.316 e. The number of hydrogen-bond acceptors (Lipinski definition) is 6.